The smallest absolute Gasteiger partial charge is 0.131 e. The summed E-state index contributed by atoms with van der Waals surface area (Å²) in [6.45, 7) is 9.66. The van der Waals surface area contributed by atoms with E-state index in [1.54, 1.807) is 0 Å². The first kappa shape index (κ1) is 15.4. The van der Waals surface area contributed by atoms with Crippen molar-refractivity contribution in [3.8, 4) is 0 Å². The molecule has 0 unspecified atom stereocenters. The zero-order valence-corrected chi connectivity index (χ0v) is 13.3. The number of nitrogens with zero attached hydrogens (tertiary/aromatic N) is 3. The number of hydrogen-bond acceptors (Lipinski definition) is 4. The van der Waals surface area contributed by atoms with E-state index in [-0.39, 0.29) is 0 Å². The average Bonchev–Trinajstić information content (AvgIpc) is 2.50. The molecule has 0 fully saturated rings. The molecule has 0 amide bonds. The van der Waals surface area contributed by atoms with Gasteiger partial charge in [-0.3, -0.25) is 0 Å². The molecule has 1 aromatic heterocycles. The Kier molecular flexibility index (Phi) is 4.91. The molecule has 0 spiro atoms. The Morgan fingerprint density at radius 3 is 2.38 bits per heavy atom. The second kappa shape index (κ2) is 6.68. The lowest BCUT2D eigenvalue weighted by molar-refractivity contribution is 0.753. The fourth-order valence-electron chi connectivity index (χ4n) is 2.30. The predicted molar refractivity (Wildman–Crippen MR) is 87.9 cm³/mol. The van der Waals surface area contributed by atoms with E-state index >= 15 is 0 Å². The molecule has 21 heavy (non-hydrogen) atoms. The third kappa shape index (κ3) is 3.39. The Bertz CT molecular complexity index is 590. The minimum atomic E-state index is 0.304. The fourth-order valence-corrected chi connectivity index (χ4v) is 2.30. The number of nitrogens with two attached hydrogens (primary N) is 1. The van der Waals surface area contributed by atoms with Gasteiger partial charge in [0.05, 0.1) is 17.6 Å². The van der Waals surface area contributed by atoms with Crippen molar-refractivity contribution < 1.29 is 0 Å². The summed E-state index contributed by atoms with van der Waals surface area (Å²) < 4.78 is 0. The van der Waals surface area contributed by atoms with Gasteiger partial charge in [-0.1, -0.05) is 31.5 Å². The highest BCUT2D eigenvalue weighted by atomic mass is 15.2. The molecule has 0 saturated carbocycles. The van der Waals surface area contributed by atoms with Gasteiger partial charge in [0.1, 0.15) is 5.82 Å². The number of aromatic nitrogens is 2. The van der Waals surface area contributed by atoms with Crippen molar-refractivity contribution in [2.45, 2.75) is 40.2 Å². The third-order valence-corrected chi connectivity index (χ3v) is 3.53. The van der Waals surface area contributed by atoms with Crippen LogP contribution in [0.2, 0.25) is 0 Å². The molecule has 0 aliphatic heterocycles. The van der Waals surface area contributed by atoms with Crippen molar-refractivity contribution >= 4 is 11.4 Å². The monoisotopic (exact) mass is 284 g/mol. The van der Waals surface area contributed by atoms with Crippen LogP contribution in [0.3, 0.4) is 0 Å². The minimum absolute atomic E-state index is 0.304. The van der Waals surface area contributed by atoms with Crippen LogP contribution in [0.4, 0.5) is 11.4 Å². The van der Waals surface area contributed by atoms with Crippen LogP contribution in [0.1, 0.15) is 43.8 Å². The van der Waals surface area contributed by atoms with Crippen LogP contribution in [0.15, 0.2) is 30.5 Å². The van der Waals surface area contributed by atoms with Crippen molar-refractivity contribution in [3.63, 3.8) is 0 Å². The quantitative estimate of drug-likeness (QED) is 0.912. The van der Waals surface area contributed by atoms with E-state index in [0.717, 1.165) is 29.4 Å². The maximum absolute atomic E-state index is 5.90. The zero-order chi connectivity index (χ0) is 15.4. The van der Waals surface area contributed by atoms with Crippen LogP contribution in [0.25, 0.3) is 0 Å². The normalized spacial score (nSPS) is 11.0. The Balaban J connectivity index is 2.44. The van der Waals surface area contributed by atoms with Crippen molar-refractivity contribution in [2.24, 2.45) is 5.73 Å². The summed E-state index contributed by atoms with van der Waals surface area (Å²) in [4.78, 5) is 11.3. The minimum Gasteiger partial charge on any atom is -0.339 e. The molecule has 1 aromatic carbocycles. The Hall–Kier alpha value is -1.94. The van der Waals surface area contributed by atoms with Gasteiger partial charge in [-0.2, -0.15) is 0 Å². The molecule has 0 aliphatic carbocycles. The number of hydrogen-bond donors (Lipinski definition) is 1. The molecule has 0 saturated heterocycles. The van der Waals surface area contributed by atoms with Crippen molar-refractivity contribution in [3.05, 3.63) is 47.5 Å². The highest BCUT2D eigenvalue weighted by molar-refractivity contribution is 5.64. The van der Waals surface area contributed by atoms with Crippen molar-refractivity contribution in [1.29, 1.82) is 0 Å². The molecule has 2 rings (SSSR count). The standard InChI is InChI=1S/C17H24N4/c1-5-21(14-8-6-13(4)7-9-14)16-11-19-17(12(2)3)20-15(16)10-18/h6-9,11-12H,5,10,18H2,1-4H3. The predicted octanol–water partition coefficient (Wildman–Crippen LogP) is 3.53. The summed E-state index contributed by atoms with van der Waals surface area (Å²) in [6, 6.07) is 8.47. The second-order valence-corrected chi connectivity index (χ2v) is 5.50. The number of aryl methyl sites for hydroxylation is 1. The molecule has 2 N–H and O–H groups in total. The summed E-state index contributed by atoms with van der Waals surface area (Å²) in [5.41, 5.74) is 10.2. The highest BCUT2D eigenvalue weighted by Crippen LogP contribution is 2.28. The van der Waals surface area contributed by atoms with E-state index < -0.39 is 0 Å². The van der Waals surface area contributed by atoms with Gasteiger partial charge in [0, 0.05) is 24.7 Å². The molecule has 0 radical (unpaired) electrons. The molecule has 2 aromatic rings. The SMILES string of the molecule is CCN(c1ccc(C)cc1)c1cnc(C(C)C)nc1CN. The van der Waals surface area contributed by atoms with Gasteiger partial charge >= 0.3 is 0 Å². The van der Waals surface area contributed by atoms with E-state index in [1.807, 2.05) is 6.20 Å². The fraction of sp³-hybridized carbons (Fsp3) is 0.412. The first-order valence-electron chi connectivity index (χ1n) is 7.46. The highest BCUT2D eigenvalue weighted by Gasteiger charge is 2.15. The van der Waals surface area contributed by atoms with Crippen LogP contribution in [-0.4, -0.2) is 16.5 Å². The molecule has 4 heteroatoms. The van der Waals surface area contributed by atoms with Gasteiger partial charge in [-0.25, -0.2) is 9.97 Å². The Morgan fingerprint density at radius 2 is 1.86 bits per heavy atom. The molecule has 0 atom stereocenters. The molecule has 0 bridgehead atoms. The third-order valence-electron chi connectivity index (χ3n) is 3.53. The van der Waals surface area contributed by atoms with Gasteiger partial charge < -0.3 is 10.6 Å². The summed E-state index contributed by atoms with van der Waals surface area (Å²) >= 11 is 0. The van der Waals surface area contributed by atoms with E-state index in [9.17, 15) is 0 Å². The Morgan fingerprint density at radius 1 is 1.19 bits per heavy atom. The largest absolute Gasteiger partial charge is 0.339 e. The van der Waals surface area contributed by atoms with Crippen molar-refractivity contribution in [1.82, 2.24) is 9.97 Å². The maximum Gasteiger partial charge on any atom is 0.131 e. The van der Waals surface area contributed by atoms with Crippen LogP contribution in [-0.2, 0) is 6.54 Å². The molecular weight excluding hydrogens is 260 g/mol. The van der Waals surface area contributed by atoms with E-state index in [1.165, 1.54) is 5.56 Å². The van der Waals surface area contributed by atoms with Gasteiger partial charge in [-0.15, -0.1) is 0 Å². The first-order chi connectivity index (χ1) is 10.1. The second-order valence-electron chi connectivity index (χ2n) is 5.50. The molecule has 112 valence electrons. The molecular formula is C17H24N4. The molecule has 1 heterocycles. The summed E-state index contributed by atoms with van der Waals surface area (Å²) in [5.74, 6) is 1.15. The average molecular weight is 284 g/mol. The first-order valence-corrected chi connectivity index (χ1v) is 7.46. The van der Waals surface area contributed by atoms with Crippen molar-refractivity contribution in [2.75, 3.05) is 11.4 Å². The topological polar surface area (TPSA) is 55.0 Å². The van der Waals surface area contributed by atoms with Gasteiger partial charge in [0.2, 0.25) is 0 Å². The lowest BCUT2D eigenvalue weighted by Gasteiger charge is -2.25. The Labute approximate surface area is 127 Å². The van der Waals surface area contributed by atoms with Crippen LogP contribution in [0.5, 0.6) is 0 Å². The van der Waals surface area contributed by atoms with E-state index in [0.29, 0.717) is 12.5 Å². The van der Waals surface area contributed by atoms with Gasteiger partial charge in [0.25, 0.3) is 0 Å². The molecule has 0 aliphatic rings. The van der Waals surface area contributed by atoms with E-state index in [2.05, 4.69) is 66.8 Å². The summed E-state index contributed by atoms with van der Waals surface area (Å²) in [5, 5.41) is 0. The van der Waals surface area contributed by atoms with Gasteiger partial charge in [-0.05, 0) is 26.0 Å². The summed E-state index contributed by atoms with van der Waals surface area (Å²) in [7, 11) is 0. The van der Waals surface area contributed by atoms with Crippen LogP contribution >= 0.6 is 0 Å². The lowest BCUT2D eigenvalue weighted by atomic mass is 10.1. The van der Waals surface area contributed by atoms with Crippen LogP contribution in [0, 0.1) is 6.92 Å². The number of anilines is 2. The lowest BCUT2D eigenvalue weighted by Crippen LogP contribution is -2.20. The zero-order valence-electron chi connectivity index (χ0n) is 13.3. The number of benzene rings is 1. The van der Waals surface area contributed by atoms with Gasteiger partial charge in [0.15, 0.2) is 0 Å². The number of rotatable bonds is 5. The summed E-state index contributed by atoms with van der Waals surface area (Å²) in [6.07, 6.45) is 1.90. The van der Waals surface area contributed by atoms with E-state index in [4.69, 9.17) is 5.73 Å². The maximum atomic E-state index is 5.90. The molecule has 4 nitrogen and oxygen atoms in total. The van der Waals surface area contributed by atoms with Crippen LogP contribution < -0.4 is 10.6 Å².